The van der Waals surface area contributed by atoms with Crippen molar-refractivity contribution >= 4 is 11.7 Å². The lowest BCUT2D eigenvalue weighted by atomic mass is 10.3. The van der Waals surface area contributed by atoms with Crippen LogP contribution in [0.4, 0.5) is 5.82 Å². The molecule has 5 heteroatoms. The number of hydrogen-bond acceptors (Lipinski definition) is 4. The molecule has 1 amide bonds. The number of nitrogens with one attached hydrogen (secondary N) is 1. The maximum Gasteiger partial charge on any atom is 0.274 e. The van der Waals surface area contributed by atoms with Crippen LogP contribution in [0.2, 0.25) is 0 Å². The topological polar surface area (TPSA) is 58.1 Å². The first-order valence-corrected chi connectivity index (χ1v) is 6.68. The third kappa shape index (κ3) is 3.18. The Morgan fingerprint density at radius 3 is 2.72 bits per heavy atom. The Bertz CT molecular complexity index is 384. The smallest absolute Gasteiger partial charge is 0.274 e. The summed E-state index contributed by atoms with van der Waals surface area (Å²) in [5, 5.41) is 11.2. The molecule has 1 fully saturated rings. The van der Waals surface area contributed by atoms with E-state index in [1.165, 1.54) is 0 Å². The number of nitrogens with zero attached hydrogens (tertiary/aromatic N) is 3. The van der Waals surface area contributed by atoms with Crippen LogP contribution >= 0.6 is 0 Å². The first kappa shape index (κ1) is 12.8. The van der Waals surface area contributed by atoms with Crippen LogP contribution in [0.1, 0.15) is 43.1 Å². The van der Waals surface area contributed by atoms with Crippen LogP contribution in [0.25, 0.3) is 0 Å². The predicted molar refractivity (Wildman–Crippen MR) is 70.6 cm³/mol. The van der Waals surface area contributed by atoms with Crippen molar-refractivity contribution in [2.24, 2.45) is 0 Å². The Balaban J connectivity index is 1.92. The summed E-state index contributed by atoms with van der Waals surface area (Å²) in [5.74, 6) is 0.738. The second-order valence-corrected chi connectivity index (χ2v) is 4.58. The molecular formula is C13H20N4O. The van der Waals surface area contributed by atoms with Crippen molar-refractivity contribution in [3.05, 3.63) is 17.8 Å². The molecule has 0 radical (unpaired) electrons. The normalized spacial score (nSPS) is 14.8. The van der Waals surface area contributed by atoms with Gasteiger partial charge in [0.05, 0.1) is 0 Å². The zero-order valence-electron chi connectivity index (χ0n) is 10.9. The summed E-state index contributed by atoms with van der Waals surface area (Å²) >= 11 is 0. The van der Waals surface area contributed by atoms with Gasteiger partial charge in [0.1, 0.15) is 5.82 Å². The number of carbonyl (C=O) groups excluding carboxylic acids is 1. The summed E-state index contributed by atoms with van der Waals surface area (Å²) < 4.78 is 0. The van der Waals surface area contributed by atoms with E-state index in [9.17, 15) is 4.79 Å². The van der Waals surface area contributed by atoms with Gasteiger partial charge in [0.2, 0.25) is 0 Å². The highest BCUT2D eigenvalue weighted by atomic mass is 16.2. The van der Waals surface area contributed by atoms with Gasteiger partial charge in [-0.15, -0.1) is 10.2 Å². The van der Waals surface area contributed by atoms with Gasteiger partial charge in [0, 0.05) is 19.6 Å². The van der Waals surface area contributed by atoms with Crippen LogP contribution < -0.4 is 5.32 Å². The fraction of sp³-hybridized carbons (Fsp3) is 0.615. The molecule has 1 N–H and O–H groups in total. The number of rotatable bonds is 5. The SMILES string of the molecule is CCCCNc1ccc(C(=O)N2CCCC2)nn1. The fourth-order valence-corrected chi connectivity index (χ4v) is 2.02. The van der Waals surface area contributed by atoms with Gasteiger partial charge in [-0.25, -0.2) is 0 Å². The third-order valence-corrected chi connectivity index (χ3v) is 3.11. The molecule has 0 atom stereocenters. The van der Waals surface area contributed by atoms with E-state index in [-0.39, 0.29) is 5.91 Å². The van der Waals surface area contributed by atoms with Gasteiger partial charge >= 0.3 is 0 Å². The molecule has 18 heavy (non-hydrogen) atoms. The molecule has 0 aromatic carbocycles. The minimum Gasteiger partial charge on any atom is -0.369 e. The molecule has 1 aliphatic heterocycles. The zero-order valence-corrected chi connectivity index (χ0v) is 10.9. The summed E-state index contributed by atoms with van der Waals surface area (Å²) in [7, 11) is 0. The van der Waals surface area contributed by atoms with Crippen LogP contribution in [0.15, 0.2) is 12.1 Å². The van der Waals surface area contributed by atoms with Crippen molar-refractivity contribution in [2.45, 2.75) is 32.6 Å². The molecule has 1 saturated heterocycles. The molecule has 0 bridgehead atoms. The number of unbranched alkanes of at least 4 members (excludes halogenated alkanes) is 1. The Morgan fingerprint density at radius 1 is 1.33 bits per heavy atom. The number of carbonyl (C=O) groups is 1. The molecule has 98 valence electrons. The largest absolute Gasteiger partial charge is 0.369 e. The molecule has 5 nitrogen and oxygen atoms in total. The third-order valence-electron chi connectivity index (χ3n) is 3.11. The van der Waals surface area contributed by atoms with Gasteiger partial charge in [-0.2, -0.15) is 0 Å². The Labute approximate surface area is 108 Å². The molecule has 2 rings (SSSR count). The number of likely N-dealkylation sites (tertiary alicyclic amines) is 1. The summed E-state index contributed by atoms with van der Waals surface area (Å²) in [6.07, 6.45) is 4.44. The molecule has 1 aromatic rings. The van der Waals surface area contributed by atoms with E-state index in [2.05, 4.69) is 22.4 Å². The molecule has 0 spiro atoms. The van der Waals surface area contributed by atoms with Crippen LogP contribution in [-0.2, 0) is 0 Å². The van der Waals surface area contributed by atoms with Crippen molar-refractivity contribution in [1.82, 2.24) is 15.1 Å². The number of amides is 1. The first-order valence-electron chi connectivity index (χ1n) is 6.68. The Hall–Kier alpha value is -1.65. The Morgan fingerprint density at radius 2 is 2.11 bits per heavy atom. The van der Waals surface area contributed by atoms with Crippen molar-refractivity contribution in [3.63, 3.8) is 0 Å². The Kier molecular flexibility index (Phi) is 4.50. The highest BCUT2D eigenvalue weighted by Crippen LogP contribution is 2.12. The fourth-order valence-electron chi connectivity index (χ4n) is 2.02. The van der Waals surface area contributed by atoms with Gasteiger partial charge < -0.3 is 10.2 Å². The number of anilines is 1. The zero-order chi connectivity index (χ0) is 12.8. The van der Waals surface area contributed by atoms with Gasteiger partial charge in [0.25, 0.3) is 5.91 Å². The van der Waals surface area contributed by atoms with Crippen molar-refractivity contribution in [2.75, 3.05) is 25.0 Å². The average molecular weight is 248 g/mol. The van der Waals surface area contributed by atoms with E-state index in [1.807, 2.05) is 11.0 Å². The van der Waals surface area contributed by atoms with Crippen molar-refractivity contribution < 1.29 is 4.79 Å². The van der Waals surface area contributed by atoms with Gasteiger partial charge in [0.15, 0.2) is 5.69 Å². The van der Waals surface area contributed by atoms with E-state index >= 15 is 0 Å². The van der Waals surface area contributed by atoms with Gasteiger partial charge in [-0.1, -0.05) is 13.3 Å². The van der Waals surface area contributed by atoms with Gasteiger partial charge in [-0.3, -0.25) is 4.79 Å². The van der Waals surface area contributed by atoms with E-state index in [0.717, 1.165) is 51.1 Å². The molecule has 0 aliphatic carbocycles. The molecular weight excluding hydrogens is 228 g/mol. The van der Waals surface area contributed by atoms with Crippen LogP contribution in [-0.4, -0.2) is 40.6 Å². The maximum absolute atomic E-state index is 12.0. The lowest BCUT2D eigenvalue weighted by molar-refractivity contribution is 0.0786. The van der Waals surface area contributed by atoms with Crippen molar-refractivity contribution in [3.8, 4) is 0 Å². The number of hydrogen-bond donors (Lipinski definition) is 1. The minimum absolute atomic E-state index is 0.000100. The average Bonchev–Trinajstić information content (AvgIpc) is 2.93. The molecule has 1 aliphatic rings. The molecule has 1 aromatic heterocycles. The van der Waals surface area contributed by atoms with E-state index < -0.39 is 0 Å². The van der Waals surface area contributed by atoms with Crippen LogP contribution in [0, 0.1) is 0 Å². The highest BCUT2D eigenvalue weighted by Gasteiger charge is 2.20. The summed E-state index contributed by atoms with van der Waals surface area (Å²) in [5.41, 5.74) is 0.443. The standard InChI is InChI=1S/C13H20N4O/c1-2-3-8-14-12-7-6-11(15-16-12)13(18)17-9-4-5-10-17/h6-7H,2-5,8-10H2,1H3,(H,14,16). The van der Waals surface area contributed by atoms with Crippen molar-refractivity contribution in [1.29, 1.82) is 0 Å². The second kappa shape index (κ2) is 6.33. The number of aromatic nitrogens is 2. The second-order valence-electron chi connectivity index (χ2n) is 4.58. The summed E-state index contributed by atoms with van der Waals surface area (Å²) in [4.78, 5) is 13.9. The lowest BCUT2D eigenvalue weighted by Crippen LogP contribution is -2.28. The monoisotopic (exact) mass is 248 g/mol. The molecule has 0 saturated carbocycles. The summed E-state index contributed by atoms with van der Waals surface area (Å²) in [6.45, 7) is 4.73. The maximum atomic E-state index is 12.0. The van der Waals surface area contributed by atoms with E-state index in [4.69, 9.17) is 0 Å². The molecule has 0 unspecified atom stereocenters. The van der Waals surface area contributed by atoms with E-state index in [0.29, 0.717) is 5.69 Å². The highest BCUT2D eigenvalue weighted by molar-refractivity contribution is 5.92. The van der Waals surface area contributed by atoms with Crippen LogP contribution in [0.5, 0.6) is 0 Å². The van der Waals surface area contributed by atoms with Gasteiger partial charge in [-0.05, 0) is 31.4 Å². The first-order chi connectivity index (χ1) is 8.81. The van der Waals surface area contributed by atoms with Crippen LogP contribution in [0.3, 0.4) is 0 Å². The van der Waals surface area contributed by atoms with E-state index in [1.54, 1.807) is 6.07 Å². The lowest BCUT2D eigenvalue weighted by Gasteiger charge is -2.14. The summed E-state index contributed by atoms with van der Waals surface area (Å²) in [6, 6.07) is 3.58. The quantitative estimate of drug-likeness (QED) is 0.809. The minimum atomic E-state index is 0.000100. The molecule has 2 heterocycles. The predicted octanol–water partition coefficient (Wildman–Crippen LogP) is 1.92.